The smallest absolute Gasteiger partial charge is 0.335 e. The lowest BCUT2D eigenvalue weighted by Gasteiger charge is -2.27. The number of anilines is 1. The van der Waals surface area contributed by atoms with E-state index in [0.717, 1.165) is 38.3 Å². The first-order valence-corrected chi connectivity index (χ1v) is 5.71. The lowest BCUT2D eigenvalue weighted by Crippen LogP contribution is -2.42. The predicted octanol–water partition coefficient (Wildman–Crippen LogP) is 0.372. The summed E-state index contributed by atoms with van der Waals surface area (Å²) in [6.07, 6.45) is 0. The van der Waals surface area contributed by atoms with Crippen molar-refractivity contribution in [2.75, 3.05) is 31.9 Å². The fraction of sp³-hybridized carbons (Fsp3) is 0.417. The summed E-state index contributed by atoms with van der Waals surface area (Å²) < 4.78 is 0. The van der Waals surface area contributed by atoms with Crippen LogP contribution >= 0.6 is 0 Å². The van der Waals surface area contributed by atoms with E-state index in [4.69, 9.17) is 10.8 Å². The zero-order valence-electron chi connectivity index (χ0n) is 9.65. The van der Waals surface area contributed by atoms with Gasteiger partial charge in [-0.3, -0.25) is 4.90 Å². The van der Waals surface area contributed by atoms with E-state index in [-0.39, 0.29) is 5.56 Å². The minimum atomic E-state index is -0.939. The molecule has 0 amide bonds. The maximum atomic E-state index is 10.8. The molecule has 0 saturated carbocycles. The van der Waals surface area contributed by atoms with E-state index in [1.807, 2.05) is 0 Å². The van der Waals surface area contributed by atoms with E-state index < -0.39 is 5.97 Å². The molecular weight excluding hydrogens is 218 g/mol. The maximum absolute atomic E-state index is 10.8. The fourth-order valence-electron chi connectivity index (χ4n) is 1.98. The molecule has 5 nitrogen and oxygen atoms in total. The molecule has 0 radical (unpaired) electrons. The average Bonchev–Trinajstić information content (AvgIpc) is 2.33. The summed E-state index contributed by atoms with van der Waals surface area (Å²) in [5, 5.41) is 12.1. The van der Waals surface area contributed by atoms with Gasteiger partial charge in [0.15, 0.2) is 0 Å². The molecule has 1 aromatic carbocycles. The van der Waals surface area contributed by atoms with Crippen molar-refractivity contribution in [2.45, 2.75) is 6.54 Å². The van der Waals surface area contributed by atoms with Crippen LogP contribution in [-0.4, -0.2) is 42.2 Å². The summed E-state index contributed by atoms with van der Waals surface area (Å²) in [7, 11) is 0. The first-order valence-electron chi connectivity index (χ1n) is 5.71. The number of aromatic carboxylic acids is 1. The third-order valence-corrected chi connectivity index (χ3v) is 3.00. The third kappa shape index (κ3) is 2.95. The number of rotatable bonds is 3. The van der Waals surface area contributed by atoms with Crippen LogP contribution in [0.15, 0.2) is 18.2 Å². The molecule has 92 valence electrons. The van der Waals surface area contributed by atoms with Crippen LogP contribution < -0.4 is 11.1 Å². The minimum absolute atomic E-state index is 0.242. The molecule has 1 aliphatic rings. The maximum Gasteiger partial charge on any atom is 0.335 e. The summed E-state index contributed by atoms with van der Waals surface area (Å²) in [6.45, 7) is 4.77. The van der Waals surface area contributed by atoms with Gasteiger partial charge in [-0.15, -0.1) is 0 Å². The molecule has 1 saturated heterocycles. The van der Waals surface area contributed by atoms with Crippen LogP contribution in [-0.2, 0) is 6.54 Å². The zero-order valence-corrected chi connectivity index (χ0v) is 9.65. The van der Waals surface area contributed by atoms with Crippen LogP contribution in [0.4, 0.5) is 5.69 Å². The summed E-state index contributed by atoms with van der Waals surface area (Å²) in [6, 6.07) is 4.94. The van der Waals surface area contributed by atoms with Gasteiger partial charge in [-0.25, -0.2) is 4.79 Å². The van der Waals surface area contributed by atoms with Gasteiger partial charge >= 0.3 is 5.97 Å². The van der Waals surface area contributed by atoms with Crippen molar-refractivity contribution < 1.29 is 9.90 Å². The SMILES string of the molecule is Nc1cc(C(=O)O)ccc1CN1CCNCC1. The molecule has 0 unspecified atom stereocenters. The summed E-state index contributed by atoms with van der Waals surface area (Å²) in [5.74, 6) is -0.939. The Morgan fingerprint density at radius 1 is 1.41 bits per heavy atom. The molecular formula is C12H17N3O2. The number of nitrogens with zero attached hydrogens (tertiary/aromatic N) is 1. The number of carboxylic acid groups (broad SMARTS) is 1. The van der Waals surface area contributed by atoms with Crippen molar-refractivity contribution in [2.24, 2.45) is 0 Å². The number of piperazine rings is 1. The average molecular weight is 235 g/mol. The Morgan fingerprint density at radius 3 is 2.71 bits per heavy atom. The van der Waals surface area contributed by atoms with Gasteiger partial charge in [-0.05, 0) is 17.7 Å². The largest absolute Gasteiger partial charge is 0.478 e. The standard InChI is InChI=1S/C12H17N3O2/c13-11-7-9(12(16)17)1-2-10(11)8-15-5-3-14-4-6-15/h1-2,7,14H,3-6,8,13H2,(H,16,17). The second-order valence-corrected chi connectivity index (χ2v) is 4.24. The van der Waals surface area contributed by atoms with Crippen LogP contribution in [0.2, 0.25) is 0 Å². The number of carbonyl (C=O) groups is 1. The molecule has 1 aromatic rings. The molecule has 1 aliphatic heterocycles. The molecule has 0 atom stereocenters. The zero-order chi connectivity index (χ0) is 12.3. The Hall–Kier alpha value is -1.59. The molecule has 0 aliphatic carbocycles. The van der Waals surface area contributed by atoms with Crippen molar-refractivity contribution in [1.82, 2.24) is 10.2 Å². The van der Waals surface area contributed by atoms with Crippen LogP contribution in [0.5, 0.6) is 0 Å². The Kier molecular flexibility index (Phi) is 3.61. The molecule has 0 bridgehead atoms. The highest BCUT2D eigenvalue weighted by Gasteiger charge is 2.12. The van der Waals surface area contributed by atoms with Gasteiger partial charge in [0.05, 0.1) is 5.56 Å². The van der Waals surface area contributed by atoms with Gasteiger partial charge < -0.3 is 16.2 Å². The van der Waals surface area contributed by atoms with Crippen LogP contribution in [0.1, 0.15) is 15.9 Å². The van der Waals surface area contributed by atoms with Gasteiger partial charge in [0.1, 0.15) is 0 Å². The molecule has 4 N–H and O–H groups in total. The monoisotopic (exact) mass is 235 g/mol. The van der Waals surface area contributed by atoms with Gasteiger partial charge in [0, 0.05) is 38.4 Å². The Balaban J connectivity index is 2.08. The quantitative estimate of drug-likeness (QED) is 0.660. The van der Waals surface area contributed by atoms with Crippen molar-refractivity contribution in [3.05, 3.63) is 29.3 Å². The third-order valence-electron chi connectivity index (χ3n) is 3.00. The van der Waals surface area contributed by atoms with E-state index >= 15 is 0 Å². The number of benzene rings is 1. The van der Waals surface area contributed by atoms with Gasteiger partial charge in [-0.2, -0.15) is 0 Å². The predicted molar refractivity (Wildman–Crippen MR) is 66.0 cm³/mol. The number of nitrogen functional groups attached to an aromatic ring is 1. The van der Waals surface area contributed by atoms with Crippen molar-refractivity contribution in [3.8, 4) is 0 Å². The van der Waals surface area contributed by atoms with Crippen molar-refractivity contribution in [1.29, 1.82) is 0 Å². The van der Waals surface area contributed by atoms with Crippen LogP contribution in [0.25, 0.3) is 0 Å². The van der Waals surface area contributed by atoms with E-state index in [2.05, 4.69) is 10.2 Å². The second-order valence-electron chi connectivity index (χ2n) is 4.24. The molecule has 2 rings (SSSR count). The number of hydrogen-bond donors (Lipinski definition) is 3. The Bertz CT molecular complexity index is 414. The highest BCUT2D eigenvalue weighted by molar-refractivity contribution is 5.88. The normalized spacial score (nSPS) is 16.9. The molecule has 17 heavy (non-hydrogen) atoms. The van der Waals surface area contributed by atoms with E-state index in [9.17, 15) is 4.79 Å². The number of carboxylic acids is 1. The lowest BCUT2D eigenvalue weighted by atomic mass is 10.1. The van der Waals surface area contributed by atoms with Gasteiger partial charge in [0.2, 0.25) is 0 Å². The van der Waals surface area contributed by atoms with Crippen molar-refractivity contribution in [3.63, 3.8) is 0 Å². The number of nitrogens with two attached hydrogens (primary N) is 1. The fourth-order valence-corrected chi connectivity index (χ4v) is 1.98. The van der Waals surface area contributed by atoms with Gasteiger partial charge in [0.25, 0.3) is 0 Å². The van der Waals surface area contributed by atoms with E-state index in [0.29, 0.717) is 5.69 Å². The minimum Gasteiger partial charge on any atom is -0.478 e. The lowest BCUT2D eigenvalue weighted by molar-refractivity contribution is 0.0697. The molecule has 1 fully saturated rings. The van der Waals surface area contributed by atoms with Crippen LogP contribution in [0.3, 0.4) is 0 Å². The highest BCUT2D eigenvalue weighted by atomic mass is 16.4. The van der Waals surface area contributed by atoms with E-state index in [1.54, 1.807) is 12.1 Å². The number of hydrogen-bond acceptors (Lipinski definition) is 4. The molecule has 1 heterocycles. The second kappa shape index (κ2) is 5.16. The topological polar surface area (TPSA) is 78.6 Å². The Labute approximate surface area is 100 Å². The number of nitrogens with one attached hydrogen (secondary N) is 1. The first-order chi connectivity index (χ1) is 8.16. The summed E-state index contributed by atoms with van der Waals surface area (Å²) >= 11 is 0. The molecule has 5 heteroatoms. The van der Waals surface area contributed by atoms with Crippen LogP contribution in [0, 0.1) is 0 Å². The van der Waals surface area contributed by atoms with E-state index in [1.165, 1.54) is 6.07 Å². The van der Waals surface area contributed by atoms with Crippen molar-refractivity contribution >= 4 is 11.7 Å². The summed E-state index contributed by atoms with van der Waals surface area (Å²) in [5.41, 5.74) is 7.67. The highest BCUT2D eigenvalue weighted by Crippen LogP contribution is 2.16. The molecule has 0 aromatic heterocycles. The first kappa shape index (κ1) is 11.9. The summed E-state index contributed by atoms with van der Waals surface area (Å²) in [4.78, 5) is 13.1. The Morgan fingerprint density at radius 2 is 2.12 bits per heavy atom. The van der Waals surface area contributed by atoms with Gasteiger partial charge in [-0.1, -0.05) is 6.07 Å². The molecule has 0 spiro atoms.